The van der Waals surface area contributed by atoms with E-state index in [1.165, 1.54) is 12.8 Å². The highest BCUT2D eigenvalue weighted by atomic mass is 16.6. The summed E-state index contributed by atoms with van der Waals surface area (Å²) in [6.07, 6.45) is 6.16. The first-order valence-corrected chi connectivity index (χ1v) is 9.21. The Bertz CT molecular complexity index is 591. The molecule has 1 amide bonds. The van der Waals surface area contributed by atoms with E-state index in [1.54, 1.807) is 0 Å². The molecule has 0 atom stereocenters. The van der Waals surface area contributed by atoms with Crippen LogP contribution in [0, 0.1) is 5.41 Å². The number of hydrogen-bond acceptors (Lipinski definition) is 5. The first-order chi connectivity index (χ1) is 11.8. The Morgan fingerprint density at radius 2 is 1.72 bits per heavy atom. The molecule has 2 N–H and O–H groups in total. The summed E-state index contributed by atoms with van der Waals surface area (Å²) in [5.74, 6) is 0.562. The average Bonchev–Trinajstić information content (AvgIpc) is 2.56. The summed E-state index contributed by atoms with van der Waals surface area (Å²) in [5.41, 5.74) is 6.77. The first-order valence-electron chi connectivity index (χ1n) is 9.21. The van der Waals surface area contributed by atoms with E-state index in [4.69, 9.17) is 10.5 Å². The maximum atomic E-state index is 12.2. The molecule has 6 nitrogen and oxygen atoms in total. The molecule has 3 rings (SSSR count). The second-order valence-corrected chi connectivity index (χ2v) is 8.40. The van der Waals surface area contributed by atoms with Crippen LogP contribution in [0.25, 0.3) is 0 Å². The predicted octanol–water partition coefficient (Wildman–Crippen LogP) is 3.28. The zero-order valence-electron chi connectivity index (χ0n) is 15.6. The molecule has 0 radical (unpaired) electrons. The fourth-order valence-electron chi connectivity index (χ4n) is 3.81. The van der Waals surface area contributed by atoms with Crippen LogP contribution in [0.2, 0.25) is 0 Å². The van der Waals surface area contributed by atoms with Gasteiger partial charge in [-0.25, -0.2) is 9.78 Å². The highest BCUT2D eigenvalue weighted by molar-refractivity contribution is 5.68. The second kappa shape index (κ2) is 6.73. The van der Waals surface area contributed by atoms with Gasteiger partial charge in [0.1, 0.15) is 11.4 Å². The number of amides is 1. The number of rotatable bonds is 1. The summed E-state index contributed by atoms with van der Waals surface area (Å²) in [6.45, 7) is 9.43. The monoisotopic (exact) mass is 346 g/mol. The number of ether oxygens (including phenoxy) is 1. The van der Waals surface area contributed by atoms with Crippen LogP contribution in [-0.4, -0.2) is 47.8 Å². The zero-order valence-corrected chi connectivity index (χ0v) is 15.6. The van der Waals surface area contributed by atoms with E-state index in [0.717, 1.165) is 44.7 Å². The second-order valence-electron chi connectivity index (χ2n) is 8.40. The largest absolute Gasteiger partial charge is 0.444 e. The average molecular weight is 346 g/mol. The summed E-state index contributed by atoms with van der Waals surface area (Å²) in [6, 6.07) is 3.91. The molecule has 2 aliphatic heterocycles. The third kappa shape index (κ3) is 4.35. The van der Waals surface area contributed by atoms with Gasteiger partial charge in [-0.15, -0.1) is 0 Å². The lowest BCUT2D eigenvalue weighted by Gasteiger charge is -2.47. The minimum absolute atomic E-state index is 0.173. The van der Waals surface area contributed by atoms with Crippen LogP contribution in [0.4, 0.5) is 16.3 Å². The fourth-order valence-corrected chi connectivity index (χ4v) is 3.81. The Labute approximate surface area is 150 Å². The molecule has 138 valence electrons. The van der Waals surface area contributed by atoms with Crippen LogP contribution < -0.4 is 10.6 Å². The van der Waals surface area contributed by atoms with E-state index in [9.17, 15) is 4.79 Å². The van der Waals surface area contributed by atoms with Crippen molar-refractivity contribution in [3.63, 3.8) is 0 Å². The van der Waals surface area contributed by atoms with Gasteiger partial charge in [0.2, 0.25) is 0 Å². The molecular formula is C19H30N4O2. The van der Waals surface area contributed by atoms with Crippen LogP contribution in [-0.2, 0) is 4.74 Å². The molecule has 0 bridgehead atoms. The van der Waals surface area contributed by atoms with Crippen molar-refractivity contribution in [2.75, 3.05) is 36.8 Å². The van der Waals surface area contributed by atoms with Crippen molar-refractivity contribution in [3.8, 4) is 0 Å². The van der Waals surface area contributed by atoms with Crippen LogP contribution in [0.1, 0.15) is 46.5 Å². The Balaban J connectivity index is 1.51. The van der Waals surface area contributed by atoms with E-state index < -0.39 is 5.60 Å². The van der Waals surface area contributed by atoms with Gasteiger partial charge in [-0.2, -0.15) is 0 Å². The van der Waals surface area contributed by atoms with Gasteiger partial charge in [-0.1, -0.05) is 0 Å². The highest BCUT2D eigenvalue weighted by Crippen LogP contribution is 2.42. The molecule has 0 saturated carbocycles. The summed E-state index contributed by atoms with van der Waals surface area (Å²) < 4.78 is 5.50. The number of likely N-dealkylation sites (tertiary alicyclic amines) is 1. The smallest absolute Gasteiger partial charge is 0.410 e. The quantitative estimate of drug-likeness (QED) is 0.845. The van der Waals surface area contributed by atoms with Crippen molar-refractivity contribution in [1.82, 2.24) is 9.88 Å². The molecule has 2 fully saturated rings. The minimum atomic E-state index is -0.426. The maximum Gasteiger partial charge on any atom is 0.410 e. The lowest BCUT2D eigenvalue weighted by molar-refractivity contribution is 0.00666. The van der Waals surface area contributed by atoms with Gasteiger partial charge in [0, 0.05) is 26.2 Å². The first kappa shape index (κ1) is 17.8. The molecule has 0 aromatic carbocycles. The Morgan fingerprint density at radius 1 is 1.12 bits per heavy atom. The zero-order chi connectivity index (χ0) is 18.1. The number of anilines is 2. The highest BCUT2D eigenvalue weighted by Gasteiger charge is 2.39. The molecule has 0 aliphatic carbocycles. The van der Waals surface area contributed by atoms with Crippen molar-refractivity contribution < 1.29 is 9.53 Å². The lowest BCUT2D eigenvalue weighted by atomic mass is 9.71. The van der Waals surface area contributed by atoms with Gasteiger partial charge in [0.05, 0.1) is 11.9 Å². The maximum absolute atomic E-state index is 12.2. The Morgan fingerprint density at radius 3 is 2.24 bits per heavy atom. The van der Waals surface area contributed by atoms with Crippen molar-refractivity contribution >= 4 is 17.6 Å². The number of piperidine rings is 2. The van der Waals surface area contributed by atoms with Crippen LogP contribution in [0.3, 0.4) is 0 Å². The summed E-state index contributed by atoms with van der Waals surface area (Å²) in [5, 5.41) is 0. The number of pyridine rings is 1. The number of carbonyl (C=O) groups is 1. The molecule has 3 heterocycles. The number of hydrogen-bond donors (Lipinski definition) is 1. The SMILES string of the molecule is CC(C)(C)OC(=O)N1CCC2(CC1)CCN(c1ccc(N)nc1)CC2. The Hall–Kier alpha value is -1.98. The topological polar surface area (TPSA) is 71.7 Å². The standard InChI is InChI=1S/C19H30N4O2/c1-18(2,3)25-17(24)23-12-8-19(9-13-23)6-10-22(11-7-19)15-4-5-16(20)21-14-15/h4-5,14H,6-13H2,1-3H3,(H2,20,21). The van der Waals surface area contributed by atoms with Crippen molar-refractivity contribution in [2.24, 2.45) is 5.41 Å². The van der Waals surface area contributed by atoms with Gasteiger partial charge in [-0.05, 0) is 64.0 Å². The van der Waals surface area contributed by atoms with E-state index >= 15 is 0 Å². The van der Waals surface area contributed by atoms with Crippen molar-refractivity contribution in [2.45, 2.75) is 52.1 Å². The summed E-state index contributed by atoms with van der Waals surface area (Å²) in [4.78, 5) is 20.7. The number of aromatic nitrogens is 1. The molecule has 1 aromatic heterocycles. The van der Waals surface area contributed by atoms with Gasteiger partial charge in [0.25, 0.3) is 0 Å². The fraction of sp³-hybridized carbons (Fsp3) is 0.684. The van der Waals surface area contributed by atoms with Gasteiger partial charge < -0.3 is 20.3 Å². The Kier molecular flexibility index (Phi) is 4.80. The van der Waals surface area contributed by atoms with E-state index in [-0.39, 0.29) is 6.09 Å². The summed E-state index contributed by atoms with van der Waals surface area (Å²) >= 11 is 0. The van der Waals surface area contributed by atoms with Gasteiger partial charge in [0.15, 0.2) is 0 Å². The number of carbonyl (C=O) groups excluding carboxylic acids is 1. The lowest BCUT2D eigenvalue weighted by Crippen LogP contribution is -2.49. The molecule has 6 heteroatoms. The molecule has 25 heavy (non-hydrogen) atoms. The van der Waals surface area contributed by atoms with Crippen molar-refractivity contribution in [1.29, 1.82) is 0 Å². The third-order valence-electron chi connectivity index (χ3n) is 5.44. The molecule has 0 unspecified atom stereocenters. The summed E-state index contributed by atoms with van der Waals surface area (Å²) in [7, 11) is 0. The van der Waals surface area contributed by atoms with E-state index in [1.807, 2.05) is 44.0 Å². The van der Waals surface area contributed by atoms with Crippen LogP contribution in [0.15, 0.2) is 18.3 Å². The molecule has 2 aliphatic rings. The molecule has 2 saturated heterocycles. The molecule has 1 spiro atoms. The molecular weight excluding hydrogens is 316 g/mol. The number of nitrogens with two attached hydrogens (primary N) is 1. The van der Waals surface area contributed by atoms with Crippen LogP contribution in [0.5, 0.6) is 0 Å². The van der Waals surface area contributed by atoms with Gasteiger partial charge in [-0.3, -0.25) is 0 Å². The minimum Gasteiger partial charge on any atom is -0.444 e. The molecule has 1 aromatic rings. The van der Waals surface area contributed by atoms with Crippen molar-refractivity contribution in [3.05, 3.63) is 18.3 Å². The van der Waals surface area contributed by atoms with Crippen LogP contribution >= 0.6 is 0 Å². The third-order valence-corrected chi connectivity index (χ3v) is 5.44. The van der Waals surface area contributed by atoms with E-state index in [0.29, 0.717) is 11.2 Å². The van der Waals surface area contributed by atoms with Gasteiger partial charge >= 0.3 is 6.09 Å². The van der Waals surface area contributed by atoms with E-state index in [2.05, 4.69) is 9.88 Å². The normalized spacial score (nSPS) is 20.6. The number of nitrogen functional groups attached to an aromatic ring is 1. The predicted molar refractivity (Wildman–Crippen MR) is 99.6 cm³/mol. The number of nitrogens with zero attached hydrogens (tertiary/aromatic N) is 3.